The first-order chi connectivity index (χ1) is 12.1. The molecule has 1 unspecified atom stereocenters. The van der Waals surface area contributed by atoms with Gasteiger partial charge in [-0.25, -0.2) is 4.98 Å². The summed E-state index contributed by atoms with van der Waals surface area (Å²) in [6.07, 6.45) is 4.87. The third kappa shape index (κ3) is 3.22. The van der Waals surface area contributed by atoms with Gasteiger partial charge in [-0.1, -0.05) is 11.6 Å². The number of hydrogen-bond acceptors (Lipinski definition) is 4. The van der Waals surface area contributed by atoms with Crippen LogP contribution in [-0.2, 0) is 6.42 Å². The Hall–Kier alpha value is -2.46. The predicted octanol–water partition coefficient (Wildman–Crippen LogP) is 5.37. The van der Waals surface area contributed by atoms with Crippen LogP contribution in [0.4, 0.5) is 0 Å². The number of hydrogen-bond donors (Lipinski definition) is 0. The van der Waals surface area contributed by atoms with Gasteiger partial charge in [0.2, 0.25) is 5.89 Å². The van der Waals surface area contributed by atoms with E-state index in [1.54, 1.807) is 12.1 Å². The monoisotopic (exact) mass is 355 g/mol. The van der Waals surface area contributed by atoms with Crippen LogP contribution in [0, 0.1) is 0 Å². The van der Waals surface area contributed by atoms with Gasteiger partial charge in [0.15, 0.2) is 5.58 Å². The van der Waals surface area contributed by atoms with Crippen LogP contribution in [-0.4, -0.2) is 17.7 Å². The highest BCUT2D eigenvalue weighted by Gasteiger charge is 2.21. The highest BCUT2D eigenvalue weighted by atomic mass is 35.5. The van der Waals surface area contributed by atoms with E-state index < -0.39 is 0 Å². The van der Waals surface area contributed by atoms with Crippen molar-refractivity contribution in [1.82, 2.24) is 4.98 Å². The number of halogens is 1. The third-order valence-corrected chi connectivity index (χ3v) is 4.34. The molecule has 0 saturated heterocycles. The van der Waals surface area contributed by atoms with Crippen LogP contribution in [0.25, 0.3) is 23.3 Å². The first-order valence-electron chi connectivity index (χ1n) is 8.33. The Labute approximate surface area is 151 Å². The minimum absolute atomic E-state index is 0.200. The van der Waals surface area contributed by atoms with Crippen molar-refractivity contribution in [3.05, 3.63) is 52.4 Å². The van der Waals surface area contributed by atoms with E-state index in [1.807, 2.05) is 31.2 Å². The quantitative estimate of drug-likeness (QED) is 0.630. The lowest BCUT2D eigenvalue weighted by atomic mass is 10.1. The first-order valence-corrected chi connectivity index (χ1v) is 8.70. The number of fused-ring (bicyclic) bond motifs is 2. The fourth-order valence-electron chi connectivity index (χ4n) is 3.02. The van der Waals surface area contributed by atoms with Gasteiger partial charge in [0.1, 0.15) is 23.1 Å². The lowest BCUT2D eigenvalue weighted by molar-refractivity contribution is 0.254. The molecule has 0 radical (unpaired) electrons. The SMILES string of the molecule is CCOc1cc2c(cc1/C=C/c1nc3cc(Cl)ccc3o1)OC(C)C2. The topological polar surface area (TPSA) is 44.5 Å². The summed E-state index contributed by atoms with van der Waals surface area (Å²) in [6, 6.07) is 9.47. The third-order valence-electron chi connectivity index (χ3n) is 4.10. The Balaban J connectivity index is 1.68. The minimum atomic E-state index is 0.200. The first kappa shape index (κ1) is 16.0. The van der Waals surface area contributed by atoms with Crippen LogP contribution in [0.5, 0.6) is 11.5 Å². The minimum Gasteiger partial charge on any atom is -0.493 e. The number of rotatable bonds is 4. The Morgan fingerprint density at radius 2 is 2.16 bits per heavy atom. The van der Waals surface area contributed by atoms with E-state index in [9.17, 15) is 0 Å². The number of aromatic nitrogens is 1. The van der Waals surface area contributed by atoms with Crippen molar-refractivity contribution in [2.45, 2.75) is 26.4 Å². The summed E-state index contributed by atoms with van der Waals surface area (Å²) in [5, 5.41) is 0.639. The van der Waals surface area contributed by atoms with Gasteiger partial charge in [0.05, 0.1) is 6.61 Å². The Bertz CT molecular complexity index is 961. The molecule has 5 heteroatoms. The van der Waals surface area contributed by atoms with Gasteiger partial charge in [-0.2, -0.15) is 0 Å². The molecule has 4 nitrogen and oxygen atoms in total. The van der Waals surface area contributed by atoms with Gasteiger partial charge >= 0.3 is 0 Å². The van der Waals surface area contributed by atoms with Crippen molar-refractivity contribution in [2.24, 2.45) is 0 Å². The van der Waals surface area contributed by atoms with Gasteiger partial charge < -0.3 is 13.9 Å². The van der Waals surface area contributed by atoms with Gasteiger partial charge in [0.25, 0.3) is 0 Å². The summed E-state index contributed by atoms with van der Waals surface area (Å²) in [7, 11) is 0. The van der Waals surface area contributed by atoms with Crippen LogP contribution in [0.15, 0.2) is 34.7 Å². The van der Waals surface area contributed by atoms with Crippen molar-refractivity contribution < 1.29 is 13.9 Å². The van der Waals surface area contributed by atoms with Crippen molar-refractivity contribution >= 4 is 34.9 Å². The maximum Gasteiger partial charge on any atom is 0.220 e. The van der Waals surface area contributed by atoms with Crippen molar-refractivity contribution in [3.8, 4) is 11.5 Å². The molecule has 2 heterocycles. The normalized spacial score (nSPS) is 16.4. The van der Waals surface area contributed by atoms with Gasteiger partial charge in [-0.05, 0) is 50.3 Å². The lowest BCUT2D eigenvalue weighted by Gasteiger charge is -2.09. The highest BCUT2D eigenvalue weighted by molar-refractivity contribution is 6.31. The molecular formula is C20H18ClNO3. The smallest absolute Gasteiger partial charge is 0.220 e. The molecule has 0 spiro atoms. The second-order valence-electron chi connectivity index (χ2n) is 6.06. The van der Waals surface area contributed by atoms with Gasteiger partial charge in [-0.15, -0.1) is 0 Å². The summed E-state index contributed by atoms with van der Waals surface area (Å²) in [4.78, 5) is 4.44. The summed E-state index contributed by atoms with van der Waals surface area (Å²) in [5.41, 5.74) is 3.57. The molecule has 4 rings (SSSR count). The van der Waals surface area contributed by atoms with E-state index in [2.05, 4.69) is 18.0 Å². The summed E-state index contributed by atoms with van der Waals surface area (Å²) in [5.74, 6) is 2.28. The fraction of sp³-hybridized carbons (Fsp3) is 0.250. The van der Waals surface area contributed by atoms with E-state index in [-0.39, 0.29) is 6.10 Å². The molecule has 1 aliphatic heterocycles. The Morgan fingerprint density at radius 3 is 3.00 bits per heavy atom. The van der Waals surface area contributed by atoms with Crippen LogP contribution in [0.1, 0.15) is 30.9 Å². The van der Waals surface area contributed by atoms with Crippen LogP contribution < -0.4 is 9.47 Å². The standard InChI is InChI=1S/C20H18ClNO3/c1-3-23-18-10-14-8-12(2)24-19(14)9-13(18)4-7-20-22-16-11-15(21)5-6-17(16)25-20/h4-7,9-12H,3,8H2,1-2H3/b7-4+. The van der Waals surface area contributed by atoms with Crippen LogP contribution >= 0.6 is 11.6 Å². The molecule has 0 bridgehead atoms. The lowest BCUT2D eigenvalue weighted by Crippen LogP contribution is -2.05. The van der Waals surface area contributed by atoms with E-state index in [4.69, 9.17) is 25.5 Å². The molecule has 2 aromatic carbocycles. The molecule has 1 aliphatic rings. The molecule has 128 valence electrons. The summed E-state index contributed by atoms with van der Waals surface area (Å²) in [6.45, 7) is 4.65. The molecule has 0 saturated carbocycles. The zero-order valence-corrected chi connectivity index (χ0v) is 14.8. The summed E-state index contributed by atoms with van der Waals surface area (Å²) >= 11 is 5.99. The molecule has 0 aliphatic carbocycles. The largest absolute Gasteiger partial charge is 0.493 e. The summed E-state index contributed by atoms with van der Waals surface area (Å²) < 4.78 is 17.4. The fourth-order valence-corrected chi connectivity index (χ4v) is 3.18. The van der Waals surface area contributed by atoms with Crippen molar-refractivity contribution in [1.29, 1.82) is 0 Å². The van der Waals surface area contributed by atoms with Crippen LogP contribution in [0.3, 0.4) is 0 Å². The number of oxazole rings is 1. The molecule has 0 fully saturated rings. The Morgan fingerprint density at radius 1 is 1.28 bits per heavy atom. The predicted molar refractivity (Wildman–Crippen MR) is 99.4 cm³/mol. The van der Waals surface area contributed by atoms with Gasteiger partial charge in [0, 0.05) is 28.6 Å². The average Bonchev–Trinajstić information content (AvgIpc) is 3.14. The molecule has 1 aromatic heterocycles. The molecule has 0 N–H and O–H groups in total. The van der Waals surface area contributed by atoms with E-state index >= 15 is 0 Å². The molecular weight excluding hydrogens is 338 g/mol. The van der Waals surface area contributed by atoms with E-state index in [0.717, 1.165) is 29.0 Å². The molecule has 25 heavy (non-hydrogen) atoms. The maximum absolute atomic E-state index is 5.99. The zero-order valence-electron chi connectivity index (χ0n) is 14.1. The van der Waals surface area contributed by atoms with Crippen molar-refractivity contribution in [2.75, 3.05) is 6.61 Å². The number of benzene rings is 2. The molecule has 1 atom stereocenters. The van der Waals surface area contributed by atoms with E-state index in [1.165, 1.54) is 5.56 Å². The second kappa shape index (κ2) is 6.45. The van der Waals surface area contributed by atoms with Crippen molar-refractivity contribution in [3.63, 3.8) is 0 Å². The maximum atomic E-state index is 5.99. The number of ether oxygens (including phenoxy) is 2. The van der Waals surface area contributed by atoms with E-state index in [0.29, 0.717) is 23.1 Å². The number of nitrogens with zero attached hydrogens (tertiary/aromatic N) is 1. The van der Waals surface area contributed by atoms with Crippen LogP contribution in [0.2, 0.25) is 5.02 Å². The highest BCUT2D eigenvalue weighted by Crippen LogP contribution is 2.36. The van der Waals surface area contributed by atoms with Gasteiger partial charge in [-0.3, -0.25) is 0 Å². The second-order valence-corrected chi connectivity index (χ2v) is 6.50. The molecule has 0 amide bonds. The zero-order chi connectivity index (χ0) is 17.4. The molecule has 3 aromatic rings. The Kier molecular flexibility index (Phi) is 4.14. The average molecular weight is 356 g/mol.